The number of rotatable bonds is 9. The molecule has 2 unspecified atom stereocenters. The molecule has 0 spiro atoms. The van der Waals surface area contributed by atoms with Gasteiger partial charge in [-0.15, -0.1) is 0 Å². The first-order valence-electron chi connectivity index (χ1n) is 13.2. The second-order valence-electron chi connectivity index (χ2n) is 9.97. The molecule has 38 heavy (non-hydrogen) atoms. The van der Waals surface area contributed by atoms with Crippen molar-refractivity contribution in [3.05, 3.63) is 89.5 Å². The molecular formula is C30H30N4O4. The Hall–Kier alpha value is -4.04. The van der Waals surface area contributed by atoms with Gasteiger partial charge in [0.2, 0.25) is 5.88 Å². The molecule has 0 bridgehead atoms. The predicted octanol–water partition coefficient (Wildman–Crippen LogP) is 5.32. The van der Waals surface area contributed by atoms with Crippen LogP contribution in [-0.4, -0.2) is 43.3 Å². The van der Waals surface area contributed by atoms with Crippen LogP contribution in [-0.2, 0) is 24.3 Å². The molecule has 1 N–H and O–H groups in total. The Morgan fingerprint density at radius 3 is 2.63 bits per heavy atom. The van der Waals surface area contributed by atoms with Crippen molar-refractivity contribution in [3.63, 3.8) is 0 Å². The summed E-state index contributed by atoms with van der Waals surface area (Å²) in [7, 11) is 0. The Balaban J connectivity index is 1.16. The molecule has 1 aliphatic heterocycles. The molecule has 1 saturated heterocycles. The molecule has 0 saturated carbocycles. The molecule has 2 aliphatic rings. The molecule has 1 aromatic carbocycles. The highest BCUT2D eigenvalue weighted by molar-refractivity contribution is 5.88. The fraction of sp³-hybridized carbons (Fsp3) is 0.333. The third-order valence-corrected chi connectivity index (χ3v) is 7.34. The van der Waals surface area contributed by atoms with E-state index in [0.29, 0.717) is 30.6 Å². The number of imidazole rings is 1. The molecule has 1 fully saturated rings. The number of aromatic carboxylic acids is 1. The smallest absolute Gasteiger partial charge is 0.354 e. The van der Waals surface area contributed by atoms with E-state index in [4.69, 9.17) is 19.4 Å². The van der Waals surface area contributed by atoms with Crippen LogP contribution in [0.15, 0.2) is 66.7 Å². The highest BCUT2D eigenvalue weighted by Crippen LogP contribution is 2.33. The molecule has 2 atom stereocenters. The number of allylic oxidation sites excluding steroid dienone is 2. The quantitative estimate of drug-likeness (QED) is 0.325. The summed E-state index contributed by atoms with van der Waals surface area (Å²) >= 11 is 0. The van der Waals surface area contributed by atoms with E-state index in [1.165, 1.54) is 11.6 Å². The first-order chi connectivity index (χ1) is 18.6. The predicted molar refractivity (Wildman–Crippen MR) is 143 cm³/mol. The van der Waals surface area contributed by atoms with Gasteiger partial charge in [-0.05, 0) is 60.9 Å². The highest BCUT2D eigenvalue weighted by Gasteiger charge is 2.25. The Kier molecular flexibility index (Phi) is 6.88. The van der Waals surface area contributed by atoms with Crippen LogP contribution in [0.25, 0.3) is 16.7 Å². The maximum Gasteiger partial charge on any atom is 0.354 e. The summed E-state index contributed by atoms with van der Waals surface area (Å²) in [6.45, 7) is 1.91. The van der Waals surface area contributed by atoms with Gasteiger partial charge in [-0.2, -0.15) is 0 Å². The Bertz CT molecular complexity index is 1480. The van der Waals surface area contributed by atoms with Crippen LogP contribution in [0.2, 0.25) is 0 Å². The zero-order valence-electron chi connectivity index (χ0n) is 21.1. The topological polar surface area (TPSA) is 99.4 Å². The van der Waals surface area contributed by atoms with Crippen LogP contribution in [0, 0.1) is 5.92 Å². The van der Waals surface area contributed by atoms with E-state index in [9.17, 15) is 9.90 Å². The average molecular weight is 511 g/mol. The van der Waals surface area contributed by atoms with Gasteiger partial charge >= 0.3 is 5.97 Å². The molecule has 6 rings (SSSR count). The second-order valence-corrected chi connectivity index (χ2v) is 9.97. The van der Waals surface area contributed by atoms with E-state index in [1.807, 2.05) is 48.5 Å². The fourth-order valence-electron chi connectivity index (χ4n) is 5.12. The summed E-state index contributed by atoms with van der Waals surface area (Å²) in [4.78, 5) is 25.5. The van der Waals surface area contributed by atoms with Gasteiger partial charge in [-0.3, -0.25) is 0 Å². The first kappa shape index (κ1) is 24.3. The van der Waals surface area contributed by atoms with Gasteiger partial charge in [0, 0.05) is 19.1 Å². The van der Waals surface area contributed by atoms with E-state index in [1.54, 1.807) is 6.07 Å². The third-order valence-electron chi connectivity index (χ3n) is 7.34. The number of hydrogen-bond donors (Lipinski definition) is 1. The van der Waals surface area contributed by atoms with E-state index < -0.39 is 5.97 Å². The lowest BCUT2D eigenvalue weighted by Crippen LogP contribution is -2.32. The van der Waals surface area contributed by atoms with Crippen molar-refractivity contribution >= 4 is 22.7 Å². The van der Waals surface area contributed by atoms with Crippen LogP contribution < -0.4 is 4.74 Å². The zero-order valence-corrected chi connectivity index (χ0v) is 21.1. The van der Waals surface area contributed by atoms with Gasteiger partial charge in [0.15, 0.2) is 11.3 Å². The number of carbonyl (C=O) groups is 1. The van der Waals surface area contributed by atoms with Crippen LogP contribution in [0.5, 0.6) is 5.88 Å². The summed E-state index contributed by atoms with van der Waals surface area (Å²) in [5.74, 6) is 0.985. The van der Waals surface area contributed by atoms with Crippen molar-refractivity contribution in [2.24, 2.45) is 5.92 Å². The lowest BCUT2D eigenvalue weighted by atomic mass is 9.86. The molecule has 0 amide bonds. The number of aromatic nitrogens is 4. The number of carboxylic acid groups (broad SMARTS) is 1. The molecule has 0 radical (unpaired) electrons. The number of carboxylic acids is 1. The maximum absolute atomic E-state index is 11.5. The molecule has 3 aromatic heterocycles. The monoisotopic (exact) mass is 510 g/mol. The van der Waals surface area contributed by atoms with E-state index in [0.717, 1.165) is 61.3 Å². The van der Waals surface area contributed by atoms with Crippen LogP contribution in [0.3, 0.4) is 0 Å². The van der Waals surface area contributed by atoms with E-state index >= 15 is 0 Å². The third kappa shape index (κ3) is 5.31. The van der Waals surface area contributed by atoms with Crippen molar-refractivity contribution in [1.29, 1.82) is 0 Å². The minimum atomic E-state index is -1.03. The van der Waals surface area contributed by atoms with Gasteiger partial charge < -0.3 is 19.1 Å². The molecule has 8 heteroatoms. The summed E-state index contributed by atoms with van der Waals surface area (Å²) in [6.07, 6.45) is 7.12. The van der Waals surface area contributed by atoms with Crippen molar-refractivity contribution in [2.75, 3.05) is 6.61 Å². The molecule has 4 aromatic rings. The van der Waals surface area contributed by atoms with Gasteiger partial charge in [0.05, 0.1) is 18.3 Å². The number of ether oxygens (including phenoxy) is 2. The highest BCUT2D eigenvalue weighted by atomic mass is 16.5. The maximum atomic E-state index is 11.5. The van der Waals surface area contributed by atoms with Crippen molar-refractivity contribution in [1.82, 2.24) is 19.5 Å². The first-order valence-corrected chi connectivity index (χ1v) is 13.2. The lowest BCUT2D eigenvalue weighted by molar-refractivity contribution is -0.0591. The van der Waals surface area contributed by atoms with Crippen molar-refractivity contribution < 1.29 is 19.4 Å². The number of fused-ring (bicyclic) bond motifs is 1. The van der Waals surface area contributed by atoms with Crippen LogP contribution in [0.1, 0.15) is 53.3 Å². The molecule has 194 valence electrons. The SMILES string of the molecule is O=C(O)c1ccc2nc(CC3CC=C(c4cccc(OCc5ccccc5)n4)CC3)n(CC3CCO3)c2n1. The minimum Gasteiger partial charge on any atom is -0.477 e. The van der Waals surface area contributed by atoms with Crippen LogP contribution in [0.4, 0.5) is 0 Å². The summed E-state index contributed by atoms with van der Waals surface area (Å²) in [6, 6.07) is 19.3. The summed E-state index contributed by atoms with van der Waals surface area (Å²) < 4.78 is 13.7. The van der Waals surface area contributed by atoms with E-state index in [2.05, 4.69) is 15.6 Å². The largest absolute Gasteiger partial charge is 0.477 e. The van der Waals surface area contributed by atoms with Gasteiger partial charge in [0.25, 0.3) is 0 Å². The Labute approximate surface area is 221 Å². The molecule has 8 nitrogen and oxygen atoms in total. The fourth-order valence-corrected chi connectivity index (χ4v) is 5.12. The normalized spacial score (nSPS) is 19.1. The average Bonchev–Trinajstić information content (AvgIpc) is 3.26. The van der Waals surface area contributed by atoms with Gasteiger partial charge in [-0.1, -0.05) is 42.5 Å². The van der Waals surface area contributed by atoms with Gasteiger partial charge in [-0.25, -0.2) is 19.7 Å². The van der Waals surface area contributed by atoms with Crippen molar-refractivity contribution in [2.45, 2.75) is 51.4 Å². The lowest BCUT2D eigenvalue weighted by Gasteiger charge is -2.28. The number of nitrogens with zero attached hydrogens (tertiary/aromatic N) is 4. The number of hydrogen-bond acceptors (Lipinski definition) is 6. The van der Waals surface area contributed by atoms with E-state index in [-0.39, 0.29) is 11.8 Å². The Morgan fingerprint density at radius 1 is 1.03 bits per heavy atom. The molecule has 1 aliphatic carbocycles. The molecule has 4 heterocycles. The Morgan fingerprint density at radius 2 is 1.89 bits per heavy atom. The summed E-state index contributed by atoms with van der Waals surface area (Å²) in [5, 5.41) is 9.42. The zero-order chi connectivity index (χ0) is 25.9. The van der Waals surface area contributed by atoms with Crippen LogP contribution >= 0.6 is 0 Å². The summed E-state index contributed by atoms with van der Waals surface area (Å²) in [5.41, 5.74) is 4.72. The second kappa shape index (κ2) is 10.8. The van der Waals surface area contributed by atoms with Gasteiger partial charge in [0.1, 0.15) is 17.9 Å². The molecular weight excluding hydrogens is 480 g/mol. The van der Waals surface area contributed by atoms with Crippen molar-refractivity contribution in [3.8, 4) is 5.88 Å². The standard InChI is InChI=1S/C30H30N4O4/c35-30(36)26-14-13-25-29(33-26)34(18-23-15-16-37-23)27(31-25)17-20-9-11-22(12-10-20)24-7-4-8-28(32-24)38-19-21-5-2-1-3-6-21/h1-8,11,13-14,20,23H,9-10,12,15-19H2,(H,35,36). The number of benzene rings is 1. The number of pyridine rings is 2. The minimum absolute atomic E-state index is 0.0347.